The molecule has 2 fully saturated rings. The molecule has 2 N–H and O–H groups in total. The van der Waals surface area contributed by atoms with E-state index in [9.17, 15) is 8.42 Å². The van der Waals surface area contributed by atoms with Gasteiger partial charge in [0.2, 0.25) is 10.0 Å². The molecule has 0 radical (unpaired) electrons. The molecule has 1 saturated carbocycles. The first-order chi connectivity index (χ1) is 11.5. The van der Waals surface area contributed by atoms with Crippen molar-refractivity contribution in [1.29, 1.82) is 0 Å². The minimum absolute atomic E-state index is 0.168. The molecule has 126 valence electrons. The van der Waals surface area contributed by atoms with Crippen LogP contribution < -0.4 is 10.0 Å². The van der Waals surface area contributed by atoms with Crippen molar-refractivity contribution in [2.75, 3.05) is 18.0 Å². The number of rotatable bonds is 4. The van der Waals surface area contributed by atoms with E-state index in [1.165, 1.54) is 29.7 Å². The molecule has 1 saturated heterocycles. The summed E-state index contributed by atoms with van der Waals surface area (Å²) < 4.78 is 22.7. The smallest absolute Gasteiger partial charge is 0.238 e. The van der Waals surface area contributed by atoms with Crippen LogP contribution in [0.4, 0.5) is 5.69 Å². The zero-order chi connectivity index (χ0) is 16.7. The summed E-state index contributed by atoms with van der Waals surface area (Å²) in [5.41, 5.74) is 3.67. The van der Waals surface area contributed by atoms with Gasteiger partial charge in [0.05, 0.1) is 16.8 Å². The molecule has 1 aliphatic heterocycles. The van der Waals surface area contributed by atoms with E-state index < -0.39 is 10.0 Å². The normalized spacial score (nSPS) is 23.5. The molecule has 0 amide bonds. The van der Waals surface area contributed by atoms with Crippen molar-refractivity contribution < 1.29 is 8.42 Å². The molecule has 0 unspecified atom stereocenters. The first-order valence-electron chi connectivity index (χ1n) is 8.35. The average Bonchev–Trinajstić information content (AvgIpc) is 3.19. The highest BCUT2D eigenvalue weighted by molar-refractivity contribution is 7.89. The lowest BCUT2D eigenvalue weighted by Gasteiger charge is -2.17. The number of aromatic nitrogens is 1. The number of pyridine rings is 1. The molecule has 0 bridgehead atoms. The standard InChI is InChI=1S/C18H21N3O2S/c19-24(22,23)16-5-3-13(4-6-16)17-10-18(17)14-9-15(12-20-11-14)21-7-1-2-8-21/h3-6,9,11-12,17-18H,1-2,7-8,10H2,(H2,19,22,23)/t17-,18-/m0/s1. The van der Waals surface area contributed by atoms with E-state index in [1.54, 1.807) is 12.1 Å². The lowest BCUT2D eigenvalue weighted by atomic mass is 10.1. The number of nitrogens with zero attached hydrogens (tertiary/aromatic N) is 2. The Morgan fingerprint density at radius 2 is 1.67 bits per heavy atom. The predicted molar refractivity (Wildman–Crippen MR) is 93.6 cm³/mol. The number of nitrogens with two attached hydrogens (primary N) is 1. The zero-order valence-electron chi connectivity index (χ0n) is 13.4. The van der Waals surface area contributed by atoms with E-state index in [0.29, 0.717) is 11.8 Å². The Kier molecular flexibility index (Phi) is 3.81. The Morgan fingerprint density at radius 3 is 2.33 bits per heavy atom. The molecule has 2 heterocycles. The first kappa shape index (κ1) is 15.6. The van der Waals surface area contributed by atoms with Crippen molar-refractivity contribution in [3.63, 3.8) is 0 Å². The van der Waals surface area contributed by atoms with Crippen LogP contribution in [-0.2, 0) is 10.0 Å². The van der Waals surface area contributed by atoms with Crippen molar-refractivity contribution >= 4 is 15.7 Å². The van der Waals surface area contributed by atoms with E-state index in [-0.39, 0.29) is 4.90 Å². The quantitative estimate of drug-likeness (QED) is 0.926. The fraction of sp³-hybridized carbons (Fsp3) is 0.389. The second kappa shape index (κ2) is 5.86. The summed E-state index contributed by atoms with van der Waals surface area (Å²) in [5.74, 6) is 0.913. The van der Waals surface area contributed by atoms with Gasteiger partial charge in [-0.15, -0.1) is 0 Å². The van der Waals surface area contributed by atoms with Crippen LogP contribution >= 0.6 is 0 Å². The van der Waals surface area contributed by atoms with E-state index >= 15 is 0 Å². The summed E-state index contributed by atoms with van der Waals surface area (Å²) in [7, 11) is -3.62. The molecular formula is C18H21N3O2S. The fourth-order valence-corrected chi connectivity index (χ4v) is 4.15. The van der Waals surface area contributed by atoms with Gasteiger partial charge >= 0.3 is 0 Å². The third-order valence-corrected chi connectivity index (χ3v) is 6.00. The van der Waals surface area contributed by atoms with Crippen LogP contribution in [0.3, 0.4) is 0 Å². The van der Waals surface area contributed by atoms with Crippen LogP contribution in [0.1, 0.15) is 42.2 Å². The molecule has 1 aliphatic carbocycles. The molecule has 0 spiro atoms. The molecule has 5 nitrogen and oxygen atoms in total. The summed E-state index contributed by atoms with van der Waals surface area (Å²) in [5, 5.41) is 5.15. The fourth-order valence-electron chi connectivity index (χ4n) is 3.63. The molecule has 6 heteroatoms. The monoisotopic (exact) mass is 343 g/mol. The Labute approximate surface area is 142 Å². The van der Waals surface area contributed by atoms with Crippen LogP contribution in [-0.4, -0.2) is 26.5 Å². The average molecular weight is 343 g/mol. The van der Waals surface area contributed by atoms with Gasteiger partial charge in [-0.05, 0) is 60.4 Å². The third-order valence-electron chi connectivity index (χ3n) is 5.07. The van der Waals surface area contributed by atoms with Crippen LogP contribution in [0.2, 0.25) is 0 Å². The molecule has 2 aromatic rings. The van der Waals surface area contributed by atoms with E-state index in [4.69, 9.17) is 5.14 Å². The molecule has 4 rings (SSSR count). The van der Waals surface area contributed by atoms with Gasteiger partial charge in [0.25, 0.3) is 0 Å². The van der Waals surface area contributed by atoms with Gasteiger partial charge in [0.15, 0.2) is 0 Å². The van der Waals surface area contributed by atoms with Gasteiger partial charge in [-0.3, -0.25) is 4.98 Å². The Morgan fingerprint density at radius 1 is 1.00 bits per heavy atom. The lowest BCUT2D eigenvalue weighted by molar-refractivity contribution is 0.598. The summed E-state index contributed by atoms with van der Waals surface area (Å²) >= 11 is 0. The molecule has 2 atom stereocenters. The largest absolute Gasteiger partial charge is 0.370 e. The second-order valence-corrected chi connectivity index (χ2v) is 8.29. The zero-order valence-corrected chi connectivity index (χ0v) is 14.2. The number of sulfonamides is 1. The minimum atomic E-state index is -3.62. The Hall–Kier alpha value is -1.92. The van der Waals surface area contributed by atoms with Crippen molar-refractivity contribution in [1.82, 2.24) is 4.98 Å². The van der Waals surface area contributed by atoms with Crippen LogP contribution in [0.15, 0.2) is 47.6 Å². The summed E-state index contributed by atoms with van der Waals surface area (Å²) in [6.45, 7) is 2.24. The van der Waals surface area contributed by atoms with E-state index in [0.717, 1.165) is 19.5 Å². The highest BCUT2D eigenvalue weighted by atomic mass is 32.2. The van der Waals surface area contributed by atoms with Crippen LogP contribution in [0.25, 0.3) is 0 Å². The maximum absolute atomic E-state index is 11.3. The van der Waals surface area contributed by atoms with E-state index in [1.807, 2.05) is 24.5 Å². The van der Waals surface area contributed by atoms with Gasteiger partial charge in [-0.2, -0.15) is 0 Å². The first-order valence-corrected chi connectivity index (χ1v) is 9.90. The summed E-state index contributed by atoms with van der Waals surface area (Å²) in [4.78, 5) is 6.99. The van der Waals surface area contributed by atoms with Gasteiger partial charge in [-0.1, -0.05) is 12.1 Å². The van der Waals surface area contributed by atoms with Crippen LogP contribution in [0.5, 0.6) is 0 Å². The Balaban J connectivity index is 1.51. The molecule has 1 aromatic heterocycles. The third kappa shape index (κ3) is 3.03. The summed E-state index contributed by atoms with van der Waals surface area (Å²) in [6.07, 6.45) is 7.51. The number of hydrogen-bond donors (Lipinski definition) is 1. The van der Waals surface area contributed by atoms with E-state index in [2.05, 4.69) is 16.0 Å². The second-order valence-electron chi connectivity index (χ2n) is 6.73. The van der Waals surface area contributed by atoms with Gasteiger partial charge in [-0.25, -0.2) is 13.6 Å². The van der Waals surface area contributed by atoms with Crippen LogP contribution in [0, 0.1) is 0 Å². The highest BCUT2D eigenvalue weighted by Crippen LogP contribution is 2.54. The highest BCUT2D eigenvalue weighted by Gasteiger charge is 2.40. The number of anilines is 1. The SMILES string of the molecule is NS(=O)(=O)c1ccc([C@@H]2C[C@H]2c2cncc(N3CCCC3)c2)cc1. The predicted octanol–water partition coefficient (Wildman–Crippen LogP) is 2.60. The number of benzene rings is 1. The molecule has 1 aromatic carbocycles. The van der Waals surface area contributed by atoms with Gasteiger partial charge < -0.3 is 4.90 Å². The number of hydrogen-bond acceptors (Lipinski definition) is 4. The molecule has 2 aliphatic rings. The maximum Gasteiger partial charge on any atom is 0.238 e. The molecular weight excluding hydrogens is 322 g/mol. The van der Waals surface area contributed by atoms with Gasteiger partial charge in [0, 0.05) is 19.3 Å². The number of primary sulfonamides is 1. The van der Waals surface area contributed by atoms with Crippen molar-refractivity contribution in [3.8, 4) is 0 Å². The molecule has 24 heavy (non-hydrogen) atoms. The lowest BCUT2D eigenvalue weighted by Crippen LogP contribution is -2.17. The summed E-state index contributed by atoms with van der Waals surface area (Å²) in [6, 6.07) is 9.21. The topological polar surface area (TPSA) is 76.3 Å². The van der Waals surface area contributed by atoms with Gasteiger partial charge in [0.1, 0.15) is 0 Å². The minimum Gasteiger partial charge on any atom is -0.370 e. The van der Waals surface area contributed by atoms with Crippen molar-refractivity contribution in [2.45, 2.75) is 36.0 Å². The van der Waals surface area contributed by atoms with Crippen molar-refractivity contribution in [3.05, 3.63) is 53.9 Å². The van der Waals surface area contributed by atoms with Crippen molar-refractivity contribution in [2.24, 2.45) is 5.14 Å². The Bertz CT molecular complexity index is 843. The maximum atomic E-state index is 11.3.